The van der Waals surface area contributed by atoms with Gasteiger partial charge in [0.05, 0.1) is 17.3 Å². The lowest BCUT2D eigenvalue weighted by molar-refractivity contribution is 0.0707. The van der Waals surface area contributed by atoms with E-state index in [2.05, 4.69) is 10.5 Å². The predicted octanol–water partition coefficient (Wildman–Crippen LogP) is 1.43. The molecule has 96 valence electrons. The van der Waals surface area contributed by atoms with E-state index < -0.39 is 11.6 Å². The molecule has 0 spiro atoms. The maximum Gasteiger partial charge on any atom is 0.257 e. The molecule has 0 aromatic carbocycles. The van der Waals surface area contributed by atoms with Crippen molar-refractivity contribution in [1.29, 1.82) is 0 Å². The maximum absolute atomic E-state index is 12.1. The Morgan fingerprint density at radius 3 is 2.65 bits per heavy atom. The van der Waals surface area contributed by atoms with Crippen LogP contribution in [0.25, 0.3) is 0 Å². The number of nitrogens with zero attached hydrogens (tertiary/aromatic N) is 1. The molecule has 0 aliphatic rings. The fourth-order valence-corrected chi connectivity index (χ4v) is 1.41. The van der Waals surface area contributed by atoms with Gasteiger partial charge in [0.1, 0.15) is 11.3 Å². The molecule has 5 nitrogen and oxygen atoms in total. The summed E-state index contributed by atoms with van der Waals surface area (Å²) in [6.07, 6.45) is -0.00782. The average molecular weight is 240 g/mol. The summed E-state index contributed by atoms with van der Waals surface area (Å²) >= 11 is 0. The largest absolute Gasteiger partial charge is 0.391 e. The molecule has 0 radical (unpaired) electrons. The highest BCUT2D eigenvalue weighted by Crippen LogP contribution is 2.16. The van der Waals surface area contributed by atoms with Crippen molar-refractivity contribution in [2.24, 2.45) is 0 Å². The first-order valence-electron chi connectivity index (χ1n) is 5.75. The second-order valence-corrected chi connectivity index (χ2v) is 4.77. The third-order valence-electron chi connectivity index (χ3n) is 2.98. The Morgan fingerprint density at radius 2 is 2.18 bits per heavy atom. The Balaban J connectivity index is 2.94. The smallest absolute Gasteiger partial charge is 0.257 e. The first-order valence-corrected chi connectivity index (χ1v) is 5.75. The van der Waals surface area contributed by atoms with Crippen molar-refractivity contribution in [3.8, 4) is 0 Å². The van der Waals surface area contributed by atoms with Gasteiger partial charge in [0.15, 0.2) is 0 Å². The summed E-state index contributed by atoms with van der Waals surface area (Å²) in [5.74, 6) is 0.243. The van der Waals surface area contributed by atoms with Gasteiger partial charge in [0.25, 0.3) is 5.91 Å². The van der Waals surface area contributed by atoms with Gasteiger partial charge in [0, 0.05) is 0 Å². The van der Waals surface area contributed by atoms with Crippen molar-refractivity contribution < 1.29 is 14.4 Å². The van der Waals surface area contributed by atoms with Gasteiger partial charge in [-0.25, -0.2) is 0 Å². The first-order chi connectivity index (χ1) is 7.79. The third-order valence-corrected chi connectivity index (χ3v) is 2.98. The number of hydrogen-bond acceptors (Lipinski definition) is 4. The summed E-state index contributed by atoms with van der Waals surface area (Å²) in [5, 5.41) is 16.2. The van der Waals surface area contributed by atoms with E-state index in [1.807, 2.05) is 6.92 Å². The molecule has 1 aromatic heterocycles. The molecular formula is C12H20N2O3. The summed E-state index contributed by atoms with van der Waals surface area (Å²) < 4.78 is 5.01. The third kappa shape index (κ3) is 2.85. The molecule has 1 atom stereocenters. The zero-order valence-corrected chi connectivity index (χ0v) is 11.0. The SMILES string of the molecule is CCc1noc(C)c1C(=O)NC(C)(C)C(C)O. The fraction of sp³-hybridized carbons (Fsp3) is 0.667. The number of rotatable bonds is 4. The number of carbonyl (C=O) groups excluding carboxylic acids is 1. The fourth-order valence-electron chi connectivity index (χ4n) is 1.41. The minimum Gasteiger partial charge on any atom is -0.391 e. The highest BCUT2D eigenvalue weighted by atomic mass is 16.5. The molecule has 2 N–H and O–H groups in total. The van der Waals surface area contributed by atoms with Crippen LogP contribution < -0.4 is 5.32 Å². The molecule has 0 saturated heterocycles. The average Bonchev–Trinajstić information content (AvgIpc) is 2.58. The number of aliphatic hydroxyl groups is 1. The van der Waals surface area contributed by atoms with Gasteiger partial charge in [-0.15, -0.1) is 0 Å². The molecule has 0 saturated carbocycles. The van der Waals surface area contributed by atoms with Gasteiger partial charge in [-0.1, -0.05) is 12.1 Å². The van der Waals surface area contributed by atoms with Gasteiger partial charge >= 0.3 is 0 Å². The van der Waals surface area contributed by atoms with Gasteiger partial charge in [0.2, 0.25) is 0 Å². The second-order valence-electron chi connectivity index (χ2n) is 4.77. The van der Waals surface area contributed by atoms with E-state index in [1.165, 1.54) is 0 Å². The Hall–Kier alpha value is -1.36. The summed E-state index contributed by atoms with van der Waals surface area (Å²) in [4.78, 5) is 12.1. The number of amides is 1. The molecule has 0 aliphatic carbocycles. The molecule has 1 aromatic rings. The lowest BCUT2D eigenvalue weighted by atomic mass is 9.98. The van der Waals surface area contributed by atoms with Crippen LogP contribution in [0.5, 0.6) is 0 Å². The van der Waals surface area contributed by atoms with Crippen molar-refractivity contribution >= 4 is 5.91 Å². The van der Waals surface area contributed by atoms with Crippen LogP contribution in [0.4, 0.5) is 0 Å². The van der Waals surface area contributed by atoms with Gasteiger partial charge < -0.3 is 14.9 Å². The standard InChI is InChI=1S/C12H20N2O3/c1-6-9-10(7(2)17-14-9)11(16)13-12(4,5)8(3)15/h8,15H,6H2,1-5H3,(H,13,16). The molecule has 0 fully saturated rings. The minimum atomic E-state index is -0.689. The molecule has 17 heavy (non-hydrogen) atoms. The number of hydrogen-bond donors (Lipinski definition) is 2. The number of aliphatic hydroxyl groups excluding tert-OH is 1. The molecule has 1 heterocycles. The van der Waals surface area contributed by atoms with Crippen molar-refractivity contribution in [2.75, 3.05) is 0 Å². The van der Waals surface area contributed by atoms with E-state index in [-0.39, 0.29) is 5.91 Å². The van der Waals surface area contributed by atoms with Crippen LogP contribution in [-0.2, 0) is 6.42 Å². The van der Waals surface area contributed by atoms with E-state index >= 15 is 0 Å². The van der Waals surface area contributed by atoms with Crippen LogP contribution in [0.1, 0.15) is 49.5 Å². The zero-order valence-electron chi connectivity index (χ0n) is 11.0. The Labute approximate surface area is 101 Å². The first kappa shape index (κ1) is 13.7. The quantitative estimate of drug-likeness (QED) is 0.835. The summed E-state index contributed by atoms with van der Waals surface area (Å²) in [7, 11) is 0. The maximum atomic E-state index is 12.1. The van der Waals surface area contributed by atoms with Crippen LogP contribution in [0.2, 0.25) is 0 Å². The van der Waals surface area contributed by atoms with E-state index in [9.17, 15) is 9.90 Å². The second kappa shape index (κ2) is 4.87. The molecule has 1 unspecified atom stereocenters. The van der Waals surface area contributed by atoms with Crippen LogP contribution in [0, 0.1) is 6.92 Å². The van der Waals surface area contributed by atoms with E-state index in [4.69, 9.17) is 4.52 Å². The lowest BCUT2D eigenvalue weighted by Crippen LogP contribution is -2.51. The zero-order chi connectivity index (χ0) is 13.2. The highest BCUT2D eigenvalue weighted by molar-refractivity contribution is 5.96. The van der Waals surface area contributed by atoms with Crippen LogP contribution in [-0.4, -0.2) is 27.8 Å². The van der Waals surface area contributed by atoms with Gasteiger partial charge in [-0.05, 0) is 34.1 Å². The van der Waals surface area contributed by atoms with E-state index in [1.54, 1.807) is 27.7 Å². The number of aryl methyl sites for hydroxylation is 2. The van der Waals surface area contributed by atoms with Gasteiger partial charge in [-0.2, -0.15) is 0 Å². The van der Waals surface area contributed by atoms with Crippen molar-refractivity contribution in [3.63, 3.8) is 0 Å². The molecule has 1 amide bonds. The summed E-state index contributed by atoms with van der Waals surface area (Å²) in [6.45, 7) is 8.79. The highest BCUT2D eigenvalue weighted by Gasteiger charge is 2.29. The van der Waals surface area contributed by atoms with Crippen molar-refractivity contribution in [1.82, 2.24) is 10.5 Å². The number of aromatic nitrogens is 1. The Bertz CT molecular complexity index is 408. The molecule has 5 heteroatoms. The summed E-state index contributed by atoms with van der Waals surface area (Å²) in [5.41, 5.74) is 0.425. The summed E-state index contributed by atoms with van der Waals surface area (Å²) in [6, 6.07) is 0. The molecular weight excluding hydrogens is 220 g/mol. The molecule has 0 aliphatic heterocycles. The Kier molecular flexibility index (Phi) is 3.93. The molecule has 1 rings (SSSR count). The van der Waals surface area contributed by atoms with E-state index in [0.717, 1.165) is 0 Å². The van der Waals surface area contributed by atoms with Gasteiger partial charge in [-0.3, -0.25) is 4.79 Å². The minimum absolute atomic E-state index is 0.258. The van der Waals surface area contributed by atoms with Crippen molar-refractivity contribution in [2.45, 2.75) is 52.7 Å². The predicted molar refractivity (Wildman–Crippen MR) is 63.8 cm³/mol. The van der Waals surface area contributed by atoms with Crippen molar-refractivity contribution in [3.05, 3.63) is 17.0 Å². The Morgan fingerprint density at radius 1 is 1.59 bits per heavy atom. The molecule has 0 bridgehead atoms. The van der Waals surface area contributed by atoms with Crippen LogP contribution in [0.3, 0.4) is 0 Å². The monoisotopic (exact) mass is 240 g/mol. The number of nitrogens with one attached hydrogen (secondary N) is 1. The lowest BCUT2D eigenvalue weighted by Gasteiger charge is -2.29. The van der Waals surface area contributed by atoms with Crippen LogP contribution in [0.15, 0.2) is 4.52 Å². The topological polar surface area (TPSA) is 75.4 Å². The van der Waals surface area contributed by atoms with Crippen LogP contribution >= 0.6 is 0 Å². The van der Waals surface area contributed by atoms with E-state index in [0.29, 0.717) is 23.4 Å². The normalized spacial score (nSPS) is 13.5. The number of carbonyl (C=O) groups is 1.